The van der Waals surface area contributed by atoms with Gasteiger partial charge in [0.05, 0.1) is 5.30 Å². The Morgan fingerprint density at radius 3 is 2.57 bits per heavy atom. The zero-order chi connectivity index (χ0) is 19.3. The third kappa shape index (κ3) is 2.91. The second-order valence-corrected chi connectivity index (χ2v) is 8.87. The summed E-state index contributed by atoms with van der Waals surface area (Å²) >= 11 is 0. The smallest absolute Gasteiger partial charge is 0.356 e. The fourth-order valence-electron chi connectivity index (χ4n) is 4.23. The molecule has 2 atom stereocenters. The summed E-state index contributed by atoms with van der Waals surface area (Å²) < 4.78 is 17.2. The van der Waals surface area contributed by atoms with E-state index in [9.17, 15) is 14.4 Å². The molecule has 0 heterocycles. The van der Waals surface area contributed by atoms with Gasteiger partial charge in [0.15, 0.2) is 0 Å². The number of benzene rings is 2. The highest BCUT2D eigenvalue weighted by atomic mass is 31.2. The lowest BCUT2D eigenvalue weighted by Crippen LogP contribution is -2.21. The van der Waals surface area contributed by atoms with E-state index in [1.54, 1.807) is 12.1 Å². The van der Waals surface area contributed by atoms with Gasteiger partial charge in [0, 0.05) is 11.8 Å². The predicted molar refractivity (Wildman–Crippen MR) is 110 cm³/mol. The number of hydrogen-bond acceptors (Lipinski definition) is 2. The van der Waals surface area contributed by atoms with Crippen molar-refractivity contribution in [2.45, 2.75) is 12.5 Å². The molecule has 5 heteroatoms. The lowest BCUT2D eigenvalue weighted by atomic mass is 9.68. The van der Waals surface area contributed by atoms with Crippen molar-refractivity contribution >= 4 is 25.1 Å². The maximum atomic E-state index is 11.3. The molecule has 0 aliphatic heterocycles. The van der Waals surface area contributed by atoms with Crippen LogP contribution < -0.4 is 10.0 Å². The molecule has 0 radical (unpaired) electrons. The van der Waals surface area contributed by atoms with Crippen LogP contribution in [-0.2, 0) is 11.2 Å². The van der Waals surface area contributed by atoms with E-state index in [2.05, 4.69) is 54.7 Å². The Kier molecular flexibility index (Phi) is 4.02. The average molecular weight is 390 g/mol. The van der Waals surface area contributed by atoms with E-state index < -0.39 is 7.60 Å². The lowest BCUT2D eigenvalue weighted by Gasteiger charge is -2.35. The van der Waals surface area contributed by atoms with Crippen molar-refractivity contribution in [2.24, 2.45) is 5.92 Å². The molecule has 5 rings (SSSR count). The first-order valence-corrected chi connectivity index (χ1v) is 10.8. The second-order valence-electron chi connectivity index (χ2n) is 7.27. The van der Waals surface area contributed by atoms with Crippen LogP contribution >= 0.6 is 7.60 Å². The molecule has 0 saturated carbocycles. The van der Waals surface area contributed by atoms with Gasteiger partial charge in [-0.2, -0.15) is 0 Å². The summed E-state index contributed by atoms with van der Waals surface area (Å²) in [5.41, 5.74) is 6.30. The summed E-state index contributed by atoms with van der Waals surface area (Å²) in [7, 11) is -4.23. The molecule has 2 unspecified atom stereocenters. The first-order valence-electron chi connectivity index (χ1n) is 9.20. The van der Waals surface area contributed by atoms with Crippen LogP contribution in [0.2, 0.25) is 0 Å². The summed E-state index contributed by atoms with van der Waals surface area (Å²) in [6.45, 7) is 0.401. The van der Waals surface area contributed by atoms with Crippen LogP contribution in [0.15, 0.2) is 72.4 Å². The molecule has 28 heavy (non-hydrogen) atoms. The Morgan fingerprint density at radius 1 is 0.964 bits per heavy atom. The molecule has 2 N–H and O–H groups in total. The second kappa shape index (κ2) is 6.46. The van der Waals surface area contributed by atoms with Crippen molar-refractivity contribution < 1.29 is 19.1 Å². The van der Waals surface area contributed by atoms with E-state index >= 15 is 0 Å². The van der Waals surface area contributed by atoms with Crippen molar-refractivity contribution in [3.8, 4) is 5.75 Å². The number of ether oxygens (including phenoxy) is 1. The highest BCUT2D eigenvalue weighted by molar-refractivity contribution is 7.60. The molecule has 0 amide bonds. The molecule has 0 bridgehead atoms. The van der Waals surface area contributed by atoms with Gasteiger partial charge in [0.1, 0.15) is 12.4 Å². The average Bonchev–Trinajstić information content (AvgIpc) is 2.70. The van der Waals surface area contributed by atoms with Crippen LogP contribution in [0.25, 0.3) is 12.2 Å². The maximum absolute atomic E-state index is 11.3. The van der Waals surface area contributed by atoms with Crippen molar-refractivity contribution in [3.63, 3.8) is 0 Å². The fraction of sp³-hybridized carbons (Fsp3) is 0.130. The molecule has 0 saturated heterocycles. The van der Waals surface area contributed by atoms with Crippen LogP contribution in [0, 0.1) is 5.92 Å². The van der Waals surface area contributed by atoms with E-state index in [4.69, 9.17) is 4.74 Å². The SMILES string of the molecule is O=P(O)(O)c1ccc(OCc2ccc3c4c2C=CC2C=CC=C(C=C3)C42)cc1. The van der Waals surface area contributed by atoms with Crippen LogP contribution in [0.3, 0.4) is 0 Å². The van der Waals surface area contributed by atoms with Gasteiger partial charge in [-0.1, -0.05) is 54.7 Å². The van der Waals surface area contributed by atoms with Gasteiger partial charge in [-0.3, -0.25) is 4.57 Å². The molecule has 4 nitrogen and oxygen atoms in total. The topological polar surface area (TPSA) is 66.8 Å². The zero-order valence-electron chi connectivity index (χ0n) is 15.0. The van der Waals surface area contributed by atoms with Crippen molar-refractivity contribution in [2.75, 3.05) is 0 Å². The molecule has 0 spiro atoms. The standard InChI is InChI=1S/C23H19O4P/c24-28(25,26)20-11-9-19(10-12-20)27-14-18-7-6-17-5-4-15-2-1-3-16-8-13-21(18)23(17)22(15)16/h1-13,16,22H,14H2,(H2,24,25,26). The van der Waals surface area contributed by atoms with Gasteiger partial charge >= 0.3 is 7.60 Å². The maximum Gasteiger partial charge on any atom is 0.356 e. The Bertz CT molecular complexity index is 1120. The number of rotatable bonds is 4. The molecule has 2 aromatic rings. The summed E-state index contributed by atoms with van der Waals surface area (Å²) in [5, 5.41) is -0.00541. The Balaban J connectivity index is 1.44. The van der Waals surface area contributed by atoms with Crippen molar-refractivity contribution in [1.29, 1.82) is 0 Å². The van der Waals surface area contributed by atoms with E-state index in [-0.39, 0.29) is 5.30 Å². The minimum Gasteiger partial charge on any atom is -0.489 e. The van der Waals surface area contributed by atoms with Crippen LogP contribution in [0.1, 0.15) is 28.2 Å². The number of allylic oxidation sites excluding steroid dienone is 6. The highest BCUT2D eigenvalue weighted by Gasteiger charge is 2.33. The molecule has 0 fully saturated rings. The monoisotopic (exact) mass is 390 g/mol. The van der Waals surface area contributed by atoms with E-state index in [0.29, 0.717) is 24.2 Å². The van der Waals surface area contributed by atoms with Gasteiger partial charge in [-0.15, -0.1) is 0 Å². The zero-order valence-corrected chi connectivity index (χ0v) is 15.9. The van der Waals surface area contributed by atoms with E-state index in [1.165, 1.54) is 34.4 Å². The third-order valence-electron chi connectivity index (χ3n) is 5.60. The largest absolute Gasteiger partial charge is 0.489 e. The molecule has 3 aliphatic carbocycles. The summed E-state index contributed by atoms with van der Waals surface area (Å²) in [6.07, 6.45) is 15.4. The van der Waals surface area contributed by atoms with Crippen molar-refractivity contribution in [3.05, 3.63) is 94.6 Å². The summed E-state index contributed by atoms with van der Waals surface area (Å²) in [6, 6.07) is 10.3. The molecule has 3 aliphatic rings. The Morgan fingerprint density at radius 2 is 1.79 bits per heavy atom. The quantitative estimate of drug-likeness (QED) is 0.763. The molecule has 2 aromatic carbocycles. The first-order chi connectivity index (χ1) is 13.5. The Labute approximate surface area is 163 Å². The van der Waals surface area contributed by atoms with Gasteiger partial charge < -0.3 is 14.5 Å². The normalized spacial score (nSPS) is 21.3. The predicted octanol–water partition coefficient (Wildman–Crippen LogP) is 4.32. The van der Waals surface area contributed by atoms with Gasteiger partial charge in [-0.05, 0) is 52.1 Å². The van der Waals surface area contributed by atoms with Crippen LogP contribution in [0.4, 0.5) is 0 Å². The van der Waals surface area contributed by atoms with Crippen molar-refractivity contribution in [1.82, 2.24) is 0 Å². The van der Waals surface area contributed by atoms with Crippen LogP contribution in [0.5, 0.6) is 5.75 Å². The third-order valence-corrected chi connectivity index (χ3v) is 6.57. The minimum absolute atomic E-state index is 0.00541. The fourth-order valence-corrected chi connectivity index (χ4v) is 4.77. The summed E-state index contributed by atoms with van der Waals surface area (Å²) in [4.78, 5) is 18.4. The highest BCUT2D eigenvalue weighted by Crippen LogP contribution is 2.47. The van der Waals surface area contributed by atoms with E-state index in [1.807, 2.05) is 0 Å². The Hall–Kier alpha value is -2.65. The minimum atomic E-state index is -4.23. The molecule has 0 aromatic heterocycles. The van der Waals surface area contributed by atoms with Crippen LogP contribution in [-0.4, -0.2) is 9.79 Å². The lowest BCUT2D eigenvalue weighted by molar-refractivity contribution is 0.305. The van der Waals surface area contributed by atoms with Gasteiger partial charge in [0.25, 0.3) is 0 Å². The molecular formula is C23H19O4P. The van der Waals surface area contributed by atoms with Gasteiger partial charge in [-0.25, -0.2) is 0 Å². The summed E-state index contributed by atoms with van der Waals surface area (Å²) in [5.74, 6) is 1.35. The number of hydrogen-bond donors (Lipinski definition) is 2. The molecular weight excluding hydrogens is 371 g/mol. The van der Waals surface area contributed by atoms with Gasteiger partial charge in [0.2, 0.25) is 0 Å². The molecule has 140 valence electrons. The van der Waals surface area contributed by atoms with E-state index in [0.717, 1.165) is 5.56 Å². The first kappa shape index (κ1) is 17.4.